The highest BCUT2D eigenvalue weighted by Gasteiger charge is 2.09. The molecule has 2 aromatic rings. The minimum atomic E-state index is 0.689. The summed E-state index contributed by atoms with van der Waals surface area (Å²) in [6.45, 7) is 3.71. The first kappa shape index (κ1) is 12.5. The third-order valence-corrected chi connectivity index (χ3v) is 3.18. The fourth-order valence-electron chi connectivity index (χ4n) is 1.49. The van der Waals surface area contributed by atoms with E-state index in [2.05, 4.69) is 38.5 Å². The Bertz CT molecular complexity index is 512. The Hall–Kier alpha value is -0.910. The van der Waals surface area contributed by atoms with Crippen molar-refractivity contribution < 1.29 is 0 Å². The summed E-state index contributed by atoms with van der Waals surface area (Å²) in [7, 11) is 0. The second kappa shape index (κ2) is 5.62. The molecule has 0 spiro atoms. The Morgan fingerprint density at radius 2 is 2.29 bits per heavy atom. The van der Waals surface area contributed by atoms with Gasteiger partial charge in [-0.1, -0.05) is 23.7 Å². The van der Waals surface area contributed by atoms with E-state index in [0.29, 0.717) is 5.02 Å². The molecule has 4 nitrogen and oxygen atoms in total. The number of hydrogen-bond donors (Lipinski definition) is 1. The van der Waals surface area contributed by atoms with Crippen LogP contribution in [0.5, 0.6) is 0 Å². The van der Waals surface area contributed by atoms with E-state index in [9.17, 15) is 0 Å². The molecule has 0 fully saturated rings. The van der Waals surface area contributed by atoms with Crippen LogP contribution in [0.4, 0.5) is 0 Å². The summed E-state index contributed by atoms with van der Waals surface area (Å²) in [4.78, 5) is 0. The van der Waals surface area contributed by atoms with Crippen molar-refractivity contribution in [3.8, 4) is 5.69 Å². The highest BCUT2D eigenvalue weighted by Crippen LogP contribution is 2.25. The van der Waals surface area contributed by atoms with Crippen LogP contribution >= 0.6 is 27.5 Å². The maximum absolute atomic E-state index is 5.91. The number of nitrogens with zero attached hydrogens (tertiary/aromatic N) is 3. The summed E-state index contributed by atoms with van der Waals surface area (Å²) in [6, 6.07) is 5.59. The predicted octanol–water partition coefficient (Wildman–Crippen LogP) is 2.79. The van der Waals surface area contributed by atoms with Crippen molar-refractivity contribution in [1.82, 2.24) is 20.3 Å². The van der Waals surface area contributed by atoms with Crippen LogP contribution in [0.1, 0.15) is 12.6 Å². The molecular formula is C11H12BrClN4. The van der Waals surface area contributed by atoms with E-state index in [1.54, 1.807) is 10.9 Å². The van der Waals surface area contributed by atoms with E-state index >= 15 is 0 Å². The van der Waals surface area contributed by atoms with Crippen molar-refractivity contribution >= 4 is 27.5 Å². The van der Waals surface area contributed by atoms with Crippen molar-refractivity contribution in [1.29, 1.82) is 0 Å². The van der Waals surface area contributed by atoms with Gasteiger partial charge in [-0.15, -0.1) is 5.10 Å². The molecule has 1 aromatic heterocycles. The molecule has 17 heavy (non-hydrogen) atoms. The summed E-state index contributed by atoms with van der Waals surface area (Å²) in [5, 5.41) is 12.0. The van der Waals surface area contributed by atoms with Gasteiger partial charge in [-0.05, 0) is 40.7 Å². The maximum Gasteiger partial charge on any atom is 0.0810 e. The summed E-state index contributed by atoms with van der Waals surface area (Å²) in [5.74, 6) is 0. The third-order valence-electron chi connectivity index (χ3n) is 2.31. The lowest BCUT2D eigenvalue weighted by molar-refractivity contribution is 0.671. The molecule has 1 heterocycles. The summed E-state index contributed by atoms with van der Waals surface area (Å²) >= 11 is 9.39. The summed E-state index contributed by atoms with van der Waals surface area (Å²) in [6.07, 6.45) is 1.75. The van der Waals surface area contributed by atoms with E-state index in [-0.39, 0.29) is 0 Å². The zero-order chi connectivity index (χ0) is 12.3. The number of aromatic nitrogens is 3. The van der Waals surface area contributed by atoms with E-state index in [1.807, 2.05) is 18.2 Å². The van der Waals surface area contributed by atoms with Crippen molar-refractivity contribution in [2.24, 2.45) is 0 Å². The van der Waals surface area contributed by atoms with Crippen LogP contribution in [0.15, 0.2) is 28.9 Å². The number of hydrogen-bond acceptors (Lipinski definition) is 3. The molecular weight excluding hydrogens is 304 g/mol. The lowest BCUT2D eigenvalue weighted by Gasteiger charge is -2.08. The van der Waals surface area contributed by atoms with Gasteiger partial charge < -0.3 is 5.32 Å². The maximum atomic E-state index is 5.91. The van der Waals surface area contributed by atoms with Crippen LogP contribution in [-0.2, 0) is 6.54 Å². The Balaban J connectivity index is 2.35. The van der Waals surface area contributed by atoms with Gasteiger partial charge in [0.15, 0.2) is 0 Å². The third kappa shape index (κ3) is 2.86. The fourth-order valence-corrected chi connectivity index (χ4v) is 2.34. The normalized spacial score (nSPS) is 10.8. The van der Waals surface area contributed by atoms with Gasteiger partial charge in [0.05, 0.1) is 17.6 Å². The van der Waals surface area contributed by atoms with Crippen LogP contribution in [0.2, 0.25) is 5.02 Å². The molecule has 0 saturated heterocycles. The second-order valence-corrected chi connectivity index (χ2v) is 4.80. The smallest absolute Gasteiger partial charge is 0.0810 e. The molecule has 0 atom stereocenters. The molecule has 0 unspecified atom stereocenters. The van der Waals surface area contributed by atoms with E-state index < -0.39 is 0 Å². The van der Waals surface area contributed by atoms with Crippen LogP contribution < -0.4 is 5.32 Å². The Labute approximate surface area is 113 Å². The molecule has 1 aromatic carbocycles. The van der Waals surface area contributed by atoms with Gasteiger partial charge in [0.2, 0.25) is 0 Å². The largest absolute Gasteiger partial charge is 0.311 e. The lowest BCUT2D eigenvalue weighted by atomic mass is 10.3. The molecule has 0 aliphatic rings. The molecule has 2 rings (SSSR count). The SMILES string of the molecule is CCNCc1cnnn1-c1ccc(Cl)cc1Br. The Morgan fingerprint density at radius 3 is 3.00 bits per heavy atom. The van der Waals surface area contributed by atoms with Crippen LogP contribution in [0.3, 0.4) is 0 Å². The van der Waals surface area contributed by atoms with Gasteiger partial charge >= 0.3 is 0 Å². The fraction of sp³-hybridized carbons (Fsp3) is 0.273. The molecule has 90 valence electrons. The number of rotatable bonds is 4. The van der Waals surface area contributed by atoms with Gasteiger partial charge in [0.25, 0.3) is 0 Å². The topological polar surface area (TPSA) is 42.7 Å². The predicted molar refractivity (Wildman–Crippen MR) is 71.4 cm³/mol. The minimum Gasteiger partial charge on any atom is -0.311 e. The van der Waals surface area contributed by atoms with Gasteiger partial charge in [-0.2, -0.15) is 0 Å². The molecule has 0 aliphatic carbocycles. The van der Waals surface area contributed by atoms with Crippen molar-refractivity contribution in [2.45, 2.75) is 13.5 Å². The zero-order valence-electron chi connectivity index (χ0n) is 9.32. The highest BCUT2D eigenvalue weighted by atomic mass is 79.9. The lowest BCUT2D eigenvalue weighted by Crippen LogP contribution is -2.15. The molecule has 0 bridgehead atoms. The van der Waals surface area contributed by atoms with Gasteiger partial charge in [0.1, 0.15) is 0 Å². The minimum absolute atomic E-state index is 0.689. The van der Waals surface area contributed by atoms with Crippen LogP contribution in [-0.4, -0.2) is 21.5 Å². The average Bonchev–Trinajstić information content (AvgIpc) is 2.74. The first-order valence-corrected chi connectivity index (χ1v) is 6.45. The molecule has 0 aliphatic heterocycles. The molecule has 1 N–H and O–H groups in total. The van der Waals surface area contributed by atoms with Crippen LogP contribution in [0, 0.1) is 0 Å². The van der Waals surface area contributed by atoms with Gasteiger partial charge in [-0.25, -0.2) is 4.68 Å². The monoisotopic (exact) mass is 314 g/mol. The van der Waals surface area contributed by atoms with Crippen LogP contribution in [0.25, 0.3) is 5.69 Å². The molecule has 0 saturated carbocycles. The summed E-state index contributed by atoms with van der Waals surface area (Å²) in [5.41, 5.74) is 1.94. The Morgan fingerprint density at radius 1 is 1.47 bits per heavy atom. The van der Waals surface area contributed by atoms with Crippen molar-refractivity contribution in [2.75, 3.05) is 6.54 Å². The van der Waals surface area contributed by atoms with Gasteiger partial charge in [0, 0.05) is 16.0 Å². The zero-order valence-corrected chi connectivity index (χ0v) is 11.7. The van der Waals surface area contributed by atoms with E-state index in [4.69, 9.17) is 11.6 Å². The molecule has 6 heteroatoms. The number of benzene rings is 1. The standard InChI is InChI=1S/C11H12BrClN4/c1-2-14-6-9-7-15-16-17(9)11-4-3-8(13)5-10(11)12/h3-5,7,14H,2,6H2,1H3. The number of nitrogens with one attached hydrogen (secondary N) is 1. The first-order valence-electron chi connectivity index (χ1n) is 5.28. The highest BCUT2D eigenvalue weighted by molar-refractivity contribution is 9.10. The summed E-state index contributed by atoms with van der Waals surface area (Å²) < 4.78 is 2.69. The Kier molecular flexibility index (Phi) is 4.15. The van der Waals surface area contributed by atoms with E-state index in [1.165, 1.54) is 0 Å². The number of halogens is 2. The van der Waals surface area contributed by atoms with Crippen molar-refractivity contribution in [3.63, 3.8) is 0 Å². The average molecular weight is 316 g/mol. The quantitative estimate of drug-likeness (QED) is 0.943. The first-order chi connectivity index (χ1) is 8.22. The second-order valence-electron chi connectivity index (χ2n) is 3.51. The van der Waals surface area contributed by atoms with Crippen molar-refractivity contribution in [3.05, 3.63) is 39.6 Å². The molecule has 0 amide bonds. The van der Waals surface area contributed by atoms with Gasteiger partial charge in [-0.3, -0.25) is 0 Å². The molecule has 0 radical (unpaired) electrons. The van der Waals surface area contributed by atoms with E-state index in [0.717, 1.165) is 28.9 Å².